The second kappa shape index (κ2) is 10.2. The van der Waals surface area contributed by atoms with Gasteiger partial charge in [-0.15, -0.1) is 0 Å². The van der Waals surface area contributed by atoms with Crippen LogP contribution in [-0.4, -0.2) is 60.7 Å². The molecular formula is C19H33NO6. The maximum absolute atomic E-state index is 12.6. The van der Waals surface area contributed by atoms with Crippen LogP contribution in [0.2, 0.25) is 0 Å². The predicted octanol–water partition coefficient (Wildman–Crippen LogP) is 1.56. The number of carbonyl (C=O) groups is 2. The average molecular weight is 371 g/mol. The number of amides is 1. The van der Waals surface area contributed by atoms with Gasteiger partial charge in [0.1, 0.15) is 24.4 Å². The molecule has 5 atom stereocenters. The van der Waals surface area contributed by atoms with Crippen LogP contribution in [0.1, 0.15) is 59.3 Å². The Balaban J connectivity index is 1.79. The molecule has 2 aliphatic rings. The second-order valence-corrected chi connectivity index (χ2v) is 7.59. The smallest absolute Gasteiger partial charge is 0.329 e. The van der Waals surface area contributed by atoms with Crippen molar-refractivity contribution in [3.8, 4) is 0 Å². The molecule has 0 saturated carbocycles. The number of hydrogen-bond acceptors (Lipinski definition) is 6. The second-order valence-electron chi connectivity index (χ2n) is 7.59. The van der Waals surface area contributed by atoms with Gasteiger partial charge < -0.3 is 24.6 Å². The number of nitrogens with one attached hydrogen (secondary N) is 1. The van der Waals surface area contributed by atoms with Crippen LogP contribution < -0.4 is 5.32 Å². The number of esters is 1. The zero-order valence-corrected chi connectivity index (χ0v) is 16.1. The fourth-order valence-corrected chi connectivity index (χ4v) is 3.40. The van der Waals surface area contributed by atoms with E-state index in [2.05, 4.69) is 12.2 Å². The summed E-state index contributed by atoms with van der Waals surface area (Å²) in [6.07, 6.45) is 3.67. The minimum atomic E-state index is -0.691. The van der Waals surface area contributed by atoms with Crippen molar-refractivity contribution in [1.29, 1.82) is 0 Å². The van der Waals surface area contributed by atoms with Crippen LogP contribution in [0.25, 0.3) is 0 Å². The van der Waals surface area contributed by atoms with E-state index < -0.39 is 36.4 Å². The molecule has 0 aromatic carbocycles. The third-order valence-electron chi connectivity index (χ3n) is 4.99. The molecule has 2 fully saturated rings. The van der Waals surface area contributed by atoms with Crippen LogP contribution in [0.5, 0.6) is 0 Å². The van der Waals surface area contributed by atoms with Gasteiger partial charge in [0.05, 0.1) is 13.2 Å². The molecule has 150 valence electrons. The molecule has 0 aliphatic carbocycles. The molecule has 0 spiro atoms. The van der Waals surface area contributed by atoms with Crippen LogP contribution in [0.4, 0.5) is 0 Å². The number of rotatable bonds is 10. The topological polar surface area (TPSA) is 94.1 Å². The number of aliphatic hydroxyl groups excluding tert-OH is 1. The first kappa shape index (κ1) is 21.1. The number of fused-ring (bicyclic) bond motifs is 1. The minimum absolute atomic E-state index is 0.0836. The summed E-state index contributed by atoms with van der Waals surface area (Å²) < 4.78 is 16.5. The van der Waals surface area contributed by atoms with E-state index in [1.54, 1.807) is 0 Å². The zero-order valence-electron chi connectivity index (χ0n) is 16.1. The number of ether oxygens (including phenoxy) is 3. The summed E-state index contributed by atoms with van der Waals surface area (Å²) in [4.78, 5) is 24.7. The lowest BCUT2D eigenvalue weighted by molar-refractivity contribution is -0.158. The van der Waals surface area contributed by atoms with Gasteiger partial charge in [0.2, 0.25) is 5.91 Å². The van der Waals surface area contributed by atoms with Crippen molar-refractivity contribution in [2.45, 2.75) is 89.8 Å². The molecule has 0 radical (unpaired) electrons. The van der Waals surface area contributed by atoms with Crippen molar-refractivity contribution in [3.63, 3.8) is 0 Å². The van der Waals surface area contributed by atoms with Gasteiger partial charge in [-0.25, -0.2) is 4.79 Å². The number of carbonyl (C=O) groups excluding carboxylic acids is 2. The first-order chi connectivity index (χ1) is 12.4. The van der Waals surface area contributed by atoms with Gasteiger partial charge in [-0.2, -0.15) is 0 Å². The lowest BCUT2D eigenvalue weighted by Gasteiger charge is -2.24. The summed E-state index contributed by atoms with van der Waals surface area (Å²) in [5.41, 5.74) is 0. The third-order valence-corrected chi connectivity index (χ3v) is 4.99. The number of hydrogen-bond donors (Lipinski definition) is 2. The summed E-state index contributed by atoms with van der Waals surface area (Å²) in [7, 11) is 0. The van der Waals surface area contributed by atoms with E-state index >= 15 is 0 Å². The Labute approximate surface area is 155 Å². The highest BCUT2D eigenvalue weighted by Crippen LogP contribution is 2.29. The first-order valence-electron chi connectivity index (χ1n) is 9.85. The summed E-state index contributed by atoms with van der Waals surface area (Å²) in [5.74, 6) is -0.677. The fraction of sp³-hybridized carbons (Fsp3) is 0.895. The molecule has 0 aromatic heterocycles. The van der Waals surface area contributed by atoms with Crippen molar-refractivity contribution < 1.29 is 28.9 Å². The standard InChI is InChI=1S/C19H33NO6/c1-4-5-6-7-8-9-15(22)20-16(12(2)3)19(23)26-14-11-25-17-13(21)10-24-18(14)17/h12-14,16-18,21H,4-11H2,1-3H3,(H,20,22)/t13-,14+,16?,17+,18+/m0/s1. The Morgan fingerprint density at radius 3 is 2.50 bits per heavy atom. The summed E-state index contributed by atoms with van der Waals surface area (Å²) >= 11 is 0. The average Bonchev–Trinajstić information content (AvgIpc) is 3.16. The molecular weight excluding hydrogens is 338 g/mol. The summed E-state index contributed by atoms with van der Waals surface area (Å²) in [5, 5.41) is 12.6. The van der Waals surface area contributed by atoms with E-state index in [1.807, 2.05) is 13.8 Å². The minimum Gasteiger partial charge on any atom is -0.455 e. The van der Waals surface area contributed by atoms with Gasteiger partial charge in [-0.3, -0.25) is 4.79 Å². The van der Waals surface area contributed by atoms with Gasteiger partial charge in [0.25, 0.3) is 0 Å². The fourth-order valence-electron chi connectivity index (χ4n) is 3.40. The van der Waals surface area contributed by atoms with Crippen molar-refractivity contribution >= 4 is 11.9 Å². The highest BCUT2D eigenvalue weighted by molar-refractivity contribution is 5.84. The maximum atomic E-state index is 12.6. The Hall–Kier alpha value is -1.18. The molecule has 2 N–H and O–H groups in total. The van der Waals surface area contributed by atoms with Gasteiger partial charge in [-0.1, -0.05) is 46.5 Å². The Morgan fingerprint density at radius 1 is 1.12 bits per heavy atom. The third kappa shape index (κ3) is 5.66. The first-order valence-corrected chi connectivity index (χ1v) is 9.85. The van der Waals surface area contributed by atoms with Gasteiger partial charge in [-0.05, 0) is 12.3 Å². The van der Waals surface area contributed by atoms with E-state index in [-0.39, 0.29) is 25.0 Å². The van der Waals surface area contributed by atoms with Crippen LogP contribution >= 0.6 is 0 Å². The van der Waals surface area contributed by atoms with E-state index in [9.17, 15) is 14.7 Å². The Kier molecular flexibility index (Phi) is 8.31. The quantitative estimate of drug-likeness (QED) is 0.447. The molecule has 2 rings (SSSR count). The maximum Gasteiger partial charge on any atom is 0.329 e. The van der Waals surface area contributed by atoms with Gasteiger partial charge in [0.15, 0.2) is 6.10 Å². The molecule has 0 aromatic rings. The van der Waals surface area contributed by atoms with Crippen molar-refractivity contribution in [3.05, 3.63) is 0 Å². The van der Waals surface area contributed by atoms with E-state index in [0.29, 0.717) is 6.42 Å². The molecule has 0 bridgehead atoms. The van der Waals surface area contributed by atoms with Gasteiger partial charge >= 0.3 is 5.97 Å². The van der Waals surface area contributed by atoms with Gasteiger partial charge in [0, 0.05) is 6.42 Å². The lowest BCUT2D eigenvalue weighted by atomic mass is 10.0. The van der Waals surface area contributed by atoms with Crippen LogP contribution in [0.15, 0.2) is 0 Å². The predicted molar refractivity (Wildman–Crippen MR) is 95.5 cm³/mol. The van der Waals surface area contributed by atoms with E-state index in [0.717, 1.165) is 19.3 Å². The van der Waals surface area contributed by atoms with Crippen molar-refractivity contribution in [2.75, 3.05) is 13.2 Å². The SMILES string of the molecule is CCCCCCCC(=O)NC(C(=O)O[C@@H]1CO[C@H]2[C@@H]1OC[C@@H]2O)C(C)C. The normalized spacial score (nSPS) is 28.8. The molecule has 2 heterocycles. The molecule has 2 aliphatic heterocycles. The highest BCUT2D eigenvalue weighted by Gasteiger charge is 2.49. The molecule has 2 saturated heterocycles. The largest absolute Gasteiger partial charge is 0.455 e. The van der Waals surface area contributed by atoms with E-state index in [1.165, 1.54) is 12.8 Å². The summed E-state index contributed by atoms with van der Waals surface area (Å²) in [6.45, 7) is 6.29. The number of unbranched alkanes of at least 4 members (excludes halogenated alkanes) is 4. The lowest BCUT2D eigenvalue weighted by Crippen LogP contribution is -2.47. The molecule has 26 heavy (non-hydrogen) atoms. The monoisotopic (exact) mass is 371 g/mol. The molecule has 7 heteroatoms. The molecule has 1 unspecified atom stereocenters. The summed E-state index contributed by atoms with van der Waals surface area (Å²) in [6, 6.07) is -0.691. The zero-order chi connectivity index (χ0) is 19.1. The molecule has 7 nitrogen and oxygen atoms in total. The van der Waals surface area contributed by atoms with Crippen molar-refractivity contribution in [1.82, 2.24) is 5.32 Å². The molecule has 1 amide bonds. The van der Waals surface area contributed by atoms with Crippen LogP contribution in [0, 0.1) is 5.92 Å². The van der Waals surface area contributed by atoms with Crippen LogP contribution in [-0.2, 0) is 23.8 Å². The Morgan fingerprint density at radius 2 is 1.81 bits per heavy atom. The number of aliphatic hydroxyl groups is 1. The highest BCUT2D eigenvalue weighted by atomic mass is 16.6. The Bertz CT molecular complexity index is 469. The van der Waals surface area contributed by atoms with Crippen molar-refractivity contribution in [2.24, 2.45) is 5.92 Å². The van der Waals surface area contributed by atoms with Crippen LogP contribution in [0.3, 0.4) is 0 Å². The van der Waals surface area contributed by atoms with E-state index in [4.69, 9.17) is 14.2 Å².